The second-order valence-electron chi connectivity index (χ2n) is 5.57. The van der Waals surface area contributed by atoms with Gasteiger partial charge in [-0.3, -0.25) is 0 Å². The number of ether oxygens (including phenoxy) is 2. The summed E-state index contributed by atoms with van der Waals surface area (Å²) in [5, 5.41) is 5.94. The van der Waals surface area contributed by atoms with Gasteiger partial charge < -0.3 is 20.1 Å². The maximum atomic E-state index is 12.4. The third-order valence-electron chi connectivity index (χ3n) is 3.89. The van der Waals surface area contributed by atoms with Crippen LogP contribution in [0.2, 0.25) is 5.02 Å². The highest BCUT2D eigenvalue weighted by Crippen LogP contribution is 2.28. The number of halogens is 1. The summed E-state index contributed by atoms with van der Waals surface area (Å²) in [7, 11) is 1.29. The Morgan fingerprint density at radius 3 is 2.46 bits per heavy atom. The highest BCUT2D eigenvalue weighted by atomic mass is 35.5. The van der Waals surface area contributed by atoms with E-state index in [1.165, 1.54) is 7.11 Å². The molecule has 2 N–H and O–H groups in total. The Hall–Kier alpha value is -2.99. The first-order chi connectivity index (χ1) is 12.6. The number of para-hydroxylation sites is 1. The van der Waals surface area contributed by atoms with Crippen molar-refractivity contribution in [3.8, 4) is 5.75 Å². The normalized spacial score (nSPS) is 16.5. The molecule has 1 heterocycles. The number of urea groups is 1. The summed E-state index contributed by atoms with van der Waals surface area (Å²) in [5.41, 5.74) is 1.34. The van der Waals surface area contributed by atoms with Crippen molar-refractivity contribution < 1.29 is 19.1 Å². The molecule has 0 saturated heterocycles. The fourth-order valence-corrected chi connectivity index (χ4v) is 2.79. The molecule has 1 unspecified atom stereocenters. The monoisotopic (exact) mass is 372 g/mol. The molecule has 0 fully saturated rings. The molecule has 2 aromatic carbocycles. The molecule has 1 aliphatic rings. The van der Waals surface area contributed by atoms with Crippen molar-refractivity contribution in [1.82, 2.24) is 10.6 Å². The zero-order chi connectivity index (χ0) is 18.5. The molecule has 2 amide bonds. The first-order valence-electron chi connectivity index (χ1n) is 7.90. The fraction of sp³-hybridized carbons (Fsp3) is 0.158. The number of esters is 1. The van der Waals surface area contributed by atoms with Crippen LogP contribution in [0.15, 0.2) is 65.9 Å². The lowest BCUT2D eigenvalue weighted by molar-refractivity contribution is -0.136. The van der Waals surface area contributed by atoms with Crippen LogP contribution in [0.4, 0.5) is 4.79 Å². The second kappa shape index (κ2) is 7.93. The van der Waals surface area contributed by atoms with Gasteiger partial charge in [0.1, 0.15) is 12.4 Å². The molecule has 134 valence electrons. The summed E-state index contributed by atoms with van der Waals surface area (Å²) in [6.07, 6.45) is 0. The number of methoxy groups -OCH3 is 1. The standard InChI is InChI=1S/C19H17ClN2O4/c1-25-18(23)16-15(11-26-14-5-3-2-4-6-14)21-19(24)22-17(16)12-7-9-13(20)10-8-12/h2-10,17H,11H2,1H3,(H2,21,22,24). The number of rotatable bonds is 5. The minimum atomic E-state index is -0.664. The van der Waals surface area contributed by atoms with Gasteiger partial charge in [0.05, 0.1) is 24.4 Å². The molecule has 0 aliphatic carbocycles. The summed E-state index contributed by atoms with van der Waals surface area (Å²) in [5.74, 6) is 0.0733. The zero-order valence-electron chi connectivity index (χ0n) is 14.0. The summed E-state index contributed by atoms with van der Waals surface area (Å²) >= 11 is 5.93. The van der Waals surface area contributed by atoms with E-state index in [9.17, 15) is 9.59 Å². The maximum absolute atomic E-state index is 12.4. The van der Waals surface area contributed by atoms with Crippen LogP contribution < -0.4 is 15.4 Å². The molecule has 0 bridgehead atoms. The number of carbonyl (C=O) groups excluding carboxylic acids is 2. The van der Waals surface area contributed by atoms with Crippen LogP contribution in [-0.4, -0.2) is 25.7 Å². The number of nitrogens with one attached hydrogen (secondary N) is 2. The van der Waals surface area contributed by atoms with Gasteiger partial charge in [-0.1, -0.05) is 41.9 Å². The Balaban J connectivity index is 1.95. The summed E-state index contributed by atoms with van der Waals surface area (Å²) in [4.78, 5) is 24.5. The SMILES string of the molecule is COC(=O)C1=C(COc2ccccc2)NC(=O)NC1c1ccc(Cl)cc1. The molecule has 0 saturated carbocycles. The summed E-state index contributed by atoms with van der Waals surface area (Å²) in [6.45, 7) is 0.0198. The molecule has 1 aliphatic heterocycles. The molecular weight excluding hydrogens is 356 g/mol. The van der Waals surface area contributed by atoms with Gasteiger partial charge in [0, 0.05) is 5.02 Å². The Kier molecular flexibility index (Phi) is 5.43. The van der Waals surface area contributed by atoms with Crippen LogP contribution in [0.25, 0.3) is 0 Å². The Morgan fingerprint density at radius 1 is 1.12 bits per heavy atom. The van der Waals surface area contributed by atoms with Crippen LogP contribution in [0.5, 0.6) is 5.75 Å². The summed E-state index contributed by atoms with van der Waals surface area (Å²) in [6, 6.07) is 14.9. The highest BCUT2D eigenvalue weighted by molar-refractivity contribution is 6.30. The largest absolute Gasteiger partial charge is 0.487 e. The number of benzene rings is 2. The number of hydrogen-bond acceptors (Lipinski definition) is 4. The van der Waals surface area contributed by atoms with E-state index in [-0.39, 0.29) is 12.2 Å². The molecule has 7 heteroatoms. The Morgan fingerprint density at radius 2 is 1.81 bits per heavy atom. The molecule has 1 atom stereocenters. The van der Waals surface area contributed by atoms with E-state index in [1.807, 2.05) is 18.2 Å². The van der Waals surface area contributed by atoms with E-state index in [0.29, 0.717) is 22.0 Å². The van der Waals surface area contributed by atoms with Gasteiger partial charge in [-0.05, 0) is 29.8 Å². The maximum Gasteiger partial charge on any atom is 0.338 e. The molecular formula is C19H17ClN2O4. The minimum Gasteiger partial charge on any atom is -0.487 e. The van der Waals surface area contributed by atoms with Gasteiger partial charge in [-0.2, -0.15) is 0 Å². The van der Waals surface area contributed by atoms with Gasteiger partial charge in [0.2, 0.25) is 0 Å². The van der Waals surface area contributed by atoms with Crippen LogP contribution in [0.3, 0.4) is 0 Å². The fourth-order valence-electron chi connectivity index (χ4n) is 2.66. The van der Waals surface area contributed by atoms with Crippen LogP contribution in [0, 0.1) is 0 Å². The first-order valence-corrected chi connectivity index (χ1v) is 8.28. The van der Waals surface area contributed by atoms with E-state index in [4.69, 9.17) is 21.1 Å². The minimum absolute atomic E-state index is 0.0198. The van der Waals surface area contributed by atoms with Crippen LogP contribution in [-0.2, 0) is 9.53 Å². The van der Waals surface area contributed by atoms with Crippen molar-refractivity contribution in [2.24, 2.45) is 0 Å². The predicted octanol–water partition coefficient (Wildman–Crippen LogP) is 3.20. The Labute approximate surface area is 155 Å². The molecule has 6 nitrogen and oxygen atoms in total. The molecule has 0 radical (unpaired) electrons. The van der Waals surface area contributed by atoms with E-state index >= 15 is 0 Å². The average molecular weight is 373 g/mol. The van der Waals surface area contributed by atoms with Crippen LogP contribution >= 0.6 is 11.6 Å². The molecule has 0 spiro atoms. The van der Waals surface area contributed by atoms with Crippen molar-refractivity contribution in [1.29, 1.82) is 0 Å². The topological polar surface area (TPSA) is 76.7 Å². The van der Waals surface area contributed by atoms with Crippen LogP contribution in [0.1, 0.15) is 11.6 Å². The molecule has 2 aromatic rings. The van der Waals surface area contributed by atoms with Crippen molar-refractivity contribution in [3.05, 3.63) is 76.5 Å². The van der Waals surface area contributed by atoms with Crippen molar-refractivity contribution >= 4 is 23.6 Å². The van der Waals surface area contributed by atoms with E-state index < -0.39 is 18.0 Å². The molecule has 0 aromatic heterocycles. The highest BCUT2D eigenvalue weighted by Gasteiger charge is 2.33. The van der Waals surface area contributed by atoms with Gasteiger partial charge >= 0.3 is 12.0 Å². The third kappa shape index (κ3) is 3.97. The third-order valence-corrected chi connectivity index (χ3v) is 4.14. The number of hydrogen-bond donors (Lipinski definition) is 2. The van der Waals surface area contributed by atoms with Crippen molar-refractivity contribution in [2.75, 3.05) is 13.7 Å². The van der Waals surface area contributed by atoms with Crippen molar-refractivity contribution in [2.45, 2.75) is 6.04 Å². The average Bonchev–Trinajstić information content (AvgIpc) is 2.66. The van der Waals surface area contributed by atoms with E-state index in [2.05, 4.69) is 10.6 Å². The lowest BCUT2D eigenvalue weighted by Crippen LogP contribution is -2.47. The number of carbonyl (C=O) groups is 2. The van der Waals surface area contributed by atoms with E-state index in [1.54, 1.807) is 36.4 Å². The zero-order valence-corrected chi connectivity index (χ0v) is 14.7. The lowest BCUT2D eigenvalue weighted by atomic mass is 9.95. The van der Waals surface area contributed by atoms with E-state index in [0.717, 1.165) is 0 Å². The van der Waals surface area contributed by atoms with Gasteiger partial charge in [-0.25, -0.2) is 9.59 Å². The summed E-state index contributed by atoms with van der Waals surface area (Å²) < 4.78 is 10.6. The first kappa shape index (κ1) is 17.8. The quantitative estimate of drug-likeness (QED) is 0.790. The number of amides is 2. The lowest BCUT2D eigenvalue weighted by Gasteiger charge is -2.29. The molecule has 3 rings (SSSR count). The van der Waals surface area contributed by atoms with Gasteiger partial charge in [0.25, 0.3) is 0 Å². The van der Waals surface area contributed by atoms with Crippen molar-refractivity contribution in [3.63, 3.8) is 0 Å². The predicted molar refractivity (Wildman–Crippen MR) is 96.8 cm³/mol. The van der Waals surface area contributed by atoms with Gasteiger partial charge in [-0.15, -0.1) is 0 Å². The second-order valence-corrected chi connectivity index (χ2v) is 6.00. The smallest absolute Gasteiger partial charge is 0.338 e. The molecule has 26 heavy (non-hydrogen) atoms. The Bertz CT molecular complexity index is 834. The van der Waals surface area contributed by atoms with Gasteiger partial charge in [0.15, 0.2) is 0 Å².